The zero-order valence-electron chi connectivity index (χ0n) is 27.4. The molecule has 51 heavy (non-hydrogen) atoms. The maximum atomic E-state index is 6.17. The second-order valence-electron chi connectivity index (χ2n) is 12.9. The van der Waals surface area contributed by atoms with Gasteiger partial charge in [0.15, 0.2) is 0 Å². The Morgan fingerprint density at radius 2 is 0.804 bits per heavy atom. The molecule has 0 aliphatic heterocycles. The van der Waals surface area contributed by atoms with Crippen LogP contribution in [0.1, 0.15) is 41.0 Å². The third-order valence-corrected chi connectivity index (χ3v) is 14.9. The number of hydrogen-bond acceptors (Lipinski definition) is 2. The summed E-state index contributed by atoms with van der Waals surface area (Å²) in [7, 11) is 0. The van der Waals surface area contributed by atoms with E-state index >= 15 is 0 Å². The fourth-order valence-corrected chi connectivity index (χ4v) is 13.0. The van der Waals surface area contributed by atoms with Crippen LogP contribution in [0.25, 0.3) is 67.1 Å². The first-order valence-corrected chi connectivity index (χ1v) is 19.6. The van der Waals surface area contributed by atoms with Gasteiger partial charge in [-0.3, -0.25) is 0 Å². The molecule has 2 unspecified atom stereocenters. The Kier molecular flexibility index (Phi) is 9.07. The van der Waals surface area contributed by atoms with Crippen LogP contribution >= 0.6 is 0 Å². The topological polar surface area (TPSA) is 26.3 Å². The summed E-state index contributed by atoms with van der Waals surface area (Å²) in [5, 5.41) is 5.08. The normalized spacial score (nSPS) is 15.7. The first-order chi connectivity index (χ1) is 24.3. The van der Waals surface area contributed by atoms with Crippen LogP contribution in [0.3, 0.4) is 0 Å². The Morgan fingerprint density at radius 1 is 0.392 bits per heavy atom. The summed E-state index contributed by atoms with van der Waals surface area (Å²) in [6.45, 7) is 0. The van der Waals surface area contributed by atoms with Gasteiger partial charge in [-0.15, -0.1) is 0 Å². The fourth-order valence-electron chi connectivity index (χ4n) is 8.03. The maximum Gasteiger partial charge on any atom is -1.00 e. The van der Waals surface area contributed by atoms with Crippen LogP contribution in [-0.2, 0) is 23.2 Å². The number of fused-ring (bicyclic) bond motifs is 4. The molecule has 244 valence electrons. The predicted octanol–water partition coefficient (Wildman–Crippen LogP) is 6.49. The van der Waals surface area contributed by atoms with Crippen molar-refractivity contribution in [3.05, 3.63) is 192 Å². The smallest absolute Gasteiger partial charge is 1.00 e. The Labute approximate surface area is 320 Å². The Morgan fingerprint density at radius 3 is 1.25 bits per heavy atom. The minimum absolute atomic E-state index is 0. The van der Waals surface area contributed by atoms with Crippen molar-refractivity contribution >= 4 is 44.8 Å². The van der Waals surface area contributed by atoms with Crippen molar-refractivity contribution in [3.8, 4) is 22.3 Å². The molecule has 0 spiro atoms. The van der Waals surface area contributed by atoms with Gasteiger partial charge in [-0.25, -0.2) is 0 Å². The summed E-state index contributed by atoms with van der Waals surface area (Å²) < 4.78 is 12.9. The van der Waals surface area contributed by atoms with Gasteiger partial charge in [0.1, 0.15) is 0 Å². The van der Waals surface area contributed by atoms with Crippen LogP contribution in [0.15, 0.2) is 167 Å². The molecule has 0 fully saturated rings. The van der Waals surface area contributed by atoms with Gasteiger partial charge >= 0.3 is 298 Å². The zero-order chi connectivity index (χ0) is 32.3. The molecule has 0 saturated carbocycles. The van der Waals surface area contributed by atoms with Crippen LogP contribution < -0.4 is 24.8 Å². The molecule has 2 atom stereocenters. The van der Waals surface area contributed by atoms with Gasteiger partial charge in [0.2, 0.25) is 0 Å². The summed E-state index contributed by atoms with van der Waals surface area (Å²) in [5.41, 5.74) is 13.2. The van der Waals surface area contributed by atoms with E-state index in [1.807, 2.05) is 24.7 Å². The number of furan rings is 2. The Balaban J connectivity index is 0.00000187. The van der Waals surface area contributed by atoms with E-state index in [9.17, 15) is 0 Å². The van der Waals surface area contributed by atoms with Gasteiger partial charge < -0.3 is 24.8 Å². The number of benzene rings is 6. The SMILES string of the molecule is C1=C(c2ccco2)[CH]([Zr+2][CH]2C(c3ccco3)=Cc3c(-c4cccc5ccccc45)cccc32)c2cccc(-c3cccc4ccccc34)c21.[Cl-].[Cl-]. The van der Waals surface area contributed by atoms with Crippen molar-refractivity contribution in [1.29, 1.82) is 0 Å². The van der Waals surface area contributed by atoms with E-state index in [1.165, 1.54) is 77.2 Å². The molecule has 2 aromatic heterocycles. The summed E-state index contributed by atoms with van der Waals surface area (Å²) in [4.78, 5) is 0. The minimum atomic E-state index is -1.33. The summed E-state index contributed by atoms with van der Waals surface area (Å²) in [6.07, 6.45) is 8.47. The van der Waals surface area contributed by atoms with E-state index < -0.39 is 23.2 Å². The van der Waals surface area contributed by atoms with Crippen molar-refractivity contribution < 1.29 is 56.9 Å². The molecule has 2 aliphatic carbocycles. The maximum absolute atomic E-state index is 6.17. The number of allylic oxidation sites excluding steroid dienone is 2. The predicted molar refractivity (Wildman–Crippen MR) is 197 cm³/mol. The van der Waals surface area contributed by atoms with Gasteiger partial charge in [0.25, 0.3) is 0 Å². The molecular formula is C46H30Cl2O2Zr. The molecule has 8 aromatic rings. The largest absolute Gasteiger partial charge is 1.00 e. The van der Waals surface area contributed by atoms with E-state index in [0.29, 0.717) is 7.25 Å². The van der Waals surface area contributed by atoms with Crippen molar-refractivity contribution in [2.75, 3.05) is 0 Å². The number of hydrogen-bond donors (Lipinski definition) is 0. The summed E-state index contributed by atoms with van der Waals surface area (Å²) >= 11 is -1.33. The molecule has 0 radical (unpaired) electrons. The van der Waals surface area contributed by atoms with Crippen molar-refractivity contribution in [3.63, 3.8) is 0 Å². The average molecular weight is 777 g/mol. The number of rotatable bonds is 6. The first-order valence-electron chi connectivity index (χ1n) is 16.8. The van der Waals surface area contributed by atoms with E-state index in [4.69, 9.17) is 8.83 Å². The Hall–Kier alpha value is -4.66. The Bertz CT molecular complexity index is 2410. The van der Waals surface area contributed by atoms with Crippen molar-refractivity contribution in [1.82, 2.24) is 0 Å². The van der Waals surface area contributed by atoms with E-state index in [2.05, 4.69) is 146 Å². The van der Waals surface area contributed by atoms with Gasteiger partial charge in [0, 0.05) is 0 Å². The summed E-state index contributed by atoms with van der Waals surface area (Å²) in [6, 6.07) is 52.8. The monoisotopic (exact) mass is 774 g/mol. The third-order valence-electron chi connectivity index (χ3n) is 10.2. The molecule has 10 rings (SSSR count). The quantitative estimate of drug-likeness (QED) is 0.193. The zero-order valence-corrected chi connectivity index (χ0v) is 31.4. The minimum Gasteiger partial charge on any atom is -1.00 e. The second kappa shape index (κ2) is 13.8. The molecule has 6 aromatic carbocycles. The van der Waals surface area contributed by atoms with Crippen LogP contribution in [0.2, 0.25) is 0 Å². The first kappa shape index (κ1) is 33.5. The second-order valence-corrected chi connectivity index (χ2v) is 16.5. The number of halogens is 2. The molecule has 5 heteroatoms. The van der Waals surface area contributed by atoms with Crippen LogP contribution in [0.5, 0.6) is 0 Å². The average Bonchev–Trinajstić information content (AvgIpc) is 3.98. The van der Waals surface area contributed by atoms with Crippen LogP contribution in [0.4, 0.5) is 0 Å². The van der Waals surface area contributed by atoms with Gasteiger partial charge in [0.05, 0.1) is 0 Å². The molecule has 0 saturated heterocycles. The van der Waals surface area contributed by atoms with Crippen molar-refractivity contribution in [2.45, 2.75) is 7.25 Å². The summed E-state index contributed by atoms with van der Waals surface area (Å²) in [5.74, 6) is 1.94. The van der Waals surface area contributed by atoms with Gasteiger partial charge in [-0.1, -0.05) is 0 Å². The molecule has 0 bridgehead atoms. The molecule has 0 amide bonds. The third kappa shape index (κ3) is 5.60. The van der Waals surface area contributed by atoms with E-state index in [-0.39, 0.29) is 24.8 Å². The van der Waals surface area contributed by atoms with E-state index in [0.717, 1.165) is 11.5 Å². The molecule has 2 heterocycles. The molecular weight excluding hydrogens is 747 g/mol. The van der Waals surface area contributed by atoms with E-state index in [1.54, 1.807) is 0 Å². The van der Waals surface area contributed by atoms with Crippen molar-refractivity contribution in [2.24, 2.45) is 0 Å². The fraction of sp³-hybridized carbons (Fsp3) is 0.0435. The van der Waals surface area contributed by atoms with Gasteiger partial charge in [-0.2, -0.15) is 0 Å². The molecule has 2 aliphatic rings. The van der Waals surface area contributed by atoms with Crippen LogP contribution in [-0.4, -0.2) is 0 Å². The molecule has 2 nitrogen and oxygen atoms in total. The standard InChI is InChI=1S/2C23H15O.2ClH.Zr/c2*1-2-9-19-16(6-1)7-3-10-20(19)21-11-4-8-17-14-18(15-22(17)21)23-12-5-13-24-23;;;/h2*1-15H;2*1H;/q;;;;+2/p-2. The molecule has 0 N–H and O–H groups in total. The van der Waals surface area contributed by atoms with Gasteiger partial charge in [-0.05, 0) is 0 Å². The van der Waals surface area contributed by atoms with Crippen LogP contribution in [0, 0.1) is 0 Å².